The third-order valence-corrected chi connectivity index (χ3v) is 8.05. The predicted octanol–water partition coefficient (Wildman–Crippen LogP) is 5.46. The van der Waals surface area contributed by atoms with Crippen LogP contribution in [-0.4, -0.2) is 33.1 Å². The Labute approximate surface area is 177 Å². The van der Waals surface area contributed by atoms with E-state index in [0.29, 0.717) is 29.7 Å². The molecule has 3 fully saturated rings. The molecule has 3 aliphatic carbocycles. The van der Waals surface area contributed by atoms with Gasteiger partial charge < -0.3 is 15.3 Å². The lowest BCUT2D eigenvalue weighted by molar-refractivity contribution is 0.0659. The first-order chi connectivity index (χ1) is 13.6. The standard InChI is InChI=1S/C26H42O3/c1-18-23(27)16-19(17-24(18)28)10-11-20-8-7-15-26(4)21(12-13-22(20)26)9-5-6-14-25(2,3)29/h10-11,21-24,27-29H,1,5-9,12-17H2,2-4H3/b20-11+/t21-,22-,23+,24+,26?/m0/s1. The van der Waals surface area contributed by atoms with Gasteiger partial charge in [0.2, 0.25) is 0 Å². The molecule has 0 saturated heterocycles. The summed E-state index contributed by atoms with van der Waals surface area (Å²) in [7, 11) is 0. The van der Waals surface area contributed by atoms with Crippen LogP contribution in [0.15, 0.2) is 35.5 Å². The van der Waals surface area contributed by atoms with E-state index < -0.39 is 17.8 Å². The van der Waals surface area contributed by atoms with Crippen LogP contribution in [0.1, 0.15) is 91.4 Å². The second-order valence-electron chi connectivity index (χ2n) is 10.8. The molecule has 0 aliphatic heterocycles. The number of hydrogen-bond donors (Lipinski definition) is 3. The first kappa shape index (κ1) is 22.8. The van der Waals surface area contributed by atoms with Gasteiger partial charge >= 0.3 is 0 Å². The van der Waals surface area contributed by atoms with Crippen LogP contribution < -0.4 is 0 Å². The first-order valence-electron chi connectivity index (χ1n) is 11.8. The Kier molecular flexibility index (Phi) is 7.13. The number of allylic oxidation sites excluding steroid dienone is 3. The summed E-state index contributed by atoms with van der Waals surface area (Å²) in [6.45, 7) is 10.1. The molecule has 0 aromatic rings. The number of aliphatic hydroxyl groups is 3. The fourth-order valence-electron chi connectivity index (χ4n) is 6.19. The van der Waals surface area contributed by atoms with Gasteiger partial charge in [-0.05, 0) is 94.5 Å². The van der Waals surface area contributed by atoms with Crippen molar-refractivity contribution >= 4 is 0 Å². The molecule has 3 saturated carbocycles. The van der Waals surface area contributed by atoms with E-state index in [1.54, 1.807) is 5.57 Å². The molecule has 5 atom stereocenters. The van der Waals surface area contributed by atoms with Crippen molar-refractivity contribution in [3.63, 3.8) is 0 Å². The molecule has 0 spiro atoms. The van der Waals surface area contributed by atoms with Crippen molar-refractivity contribution in [2.45, 2.75) is 109 Å². The maximum Gasteiger partial charge on any atom is 0.0809 e. The lowest BCUT2D eigenvalue weighted by Crippen LogP contribution is -2.33. The molecular weight excluding hydrogens is 360 g/mol. The molecule has 0 amide bonds. The van der Waals surface area contributed by atoms with E-state index >= 15 is 0 Å². The van der Waals surface area contributed by atoms with Crippen LogP contribution in [0.5, 0.6) is 0 Å². The molecule has 0 bridgehead atoms. The SMILES string of the molecule is C=C1[C@H](O)CC(=C/C=C2\CCCC3(C)[C@@H](CCCCC(C)(C)O)CC[C@@H]23)C[C@H]1O. The van der Waals surface area contributed by atoms with Crippen LogP contribution in [0.4, 0.5) is 0 Å². The normalized spacial score (nSPS) is 37.1. The van der Waals surface area contributed by atoms with Crippen LogP contribution in [-0.2, 0) is 0 Å². The van der Waals surface area contributed by atoms with Crippen molar-refractivity contribution in [2.24, 2.45) is 17.3 Å². The van der Waals surface area contributed by atoms with E-state index in [1.807, 2.05) is 13.8 Å². The largest absolute Gasteiger partial charge is 0.390 e. The minimum atomic E-state index is -0.611. The summed E-state index contributed by atoms with van der Waals surface area (Å²) in [5, 5.41) is 30.1. The zero-order valence-electron chi connectivity index (χ0n) is 18.8. The summed E-state index contributed by atoms with van der Waals surface area (Å²) >= 11 is 0. The number of hydrogen-bond acceptors (Lipinski definition) is 3. The molecule has 3 heteroatoms. The van der Waals surface area contributed by atoms with Crippen molar-refractivity contribution in [2.75, 3.05) is 0 Å². The van der Waals surface area contributed by atoms with Gasteiger partial charge in [0, 0.05) is 0 Å². The van der Waals surface area contributed by atoms with E-state index in [2.05, 4.69) is 25.7 Å². The molecule has 1 unspecified atom stereocenters. The van der Waals surface area contributed by atoms with Gasteiger partial charge in [0.1, 0.15) is 0 Å². The topological polar surface area (TPSA) is 60.7 Å². The summed E-state index contributed by atoms with van der Waals surface area (Å²) in [5.74, 6) is 1.48. The summed E-state index contributed by atoms with van der Waals surface area (Å²) in [6.07, 6.45) is 15.4. The van der Waals surface area contributed by atoms with Crippen molar-refractivity contribution in [1.29, 1.82) is 0 Å². The molecule has 3 nitrogen and oxygen atoms in total. The number of aliphatic hydroxyl groups excluding tert-OH is 2. The van der Waals surface area contributed by atoms with Gasteiger partial charge in [-0.25, -0.2) is 0 Å². The van der Waals surface area contributed by atoms with Crippen LogP contribution >= 0.6 is 0 Å². The van der Waals surface area contributed by atoms with Crippen LogP contribution in [0.25, 0.3) is 0 Å². The molecule has 3 rings (SSSR count). The number of unbranched alkanes of at least 4 members (excludes halogenated alkanes) is 1. The van der Waals surface area contributed by atoms with Gasteiger partial charge in [-0.1, -0.05) is 49.6 Å². The minimum absolute atomic E-state index is 0.414. The number of rotatable bonds is 6. The molecule has 3 N–H and O–H groups in total. The zero-order chi connectivity index (χ0) is 21.2. The predicted molar refractivity (Wildman–Crippen MR) is 119 cm³/mol. The molecule has 3 aliphatic rings. The Bertz CT molecular complexity index is 637. The summed E-state index contributed by atoms with van der Waals surface area (Å²) in [6, 6.07) is 0. The maximum absolute atomic E-state index is 10.1. The molecule has 29 heavy (non-hydrogen) atoms. The lowest BCUT2D eigenvalue weighted by Gasteiger charge is -2.42. The average molecular weight is 403 g/mol. The Morgan fingerprint density at radius 3 is 2.45 bits per heavy atom. The van der Waals surface area contributed by atoms with E-state index in [1.165, 1.54) is 44.9 Å². The summed E-state index contributed by atoms with van der Waals surface area (Å²) in [5.41, 5.74) is 3.15. The Morgan fingerprint density at radius 2 is 1.79 bits per heavy atom. The Hall–Kier alpha value is -0.900. The fraction of sp³-hybridized carbons (Fsp3) is 0.769. The minimum Gasteiger partial charge on any atom is -0.390 e. The zero-order valence-corrected chi connectivity index (χ0v) is 18.8. The molecule has 0 heterocycles. The van der Waals surface area contributed by atoms with E-state index in [9.17, 15) is 15.3 Å². The van der Waals surface area contributed by atoms with Crippen molar-refractivity contribution < 1.29 is 15.3 Å². The van der Waals surface area contributed by atoms with Gasteiger partial charge in [0.25, 0.3) is 0 Å². The first-order valence-corrected chi connectivity index (χ1v) is 11.8. The Balaban J connectivity index is 1.63. The third kappa shape index (κ3) is 5.42. The molecule has 164 valence electrons. The average Bonchev–Trinajstić information content (AvgIpc) is 2.97. The van der Waals surface area contributed by atoms with Crippen molar-refractivity contribution in [3.05, 3.63) is 35.5 Å². The van der Waals surface area contributed by atoms with Gasteiger partial charge in [0.15, 0.2) is 0 Å². The summed E-state index contributed by atoms with van der Waals surface area (Å²) < 4.78 is 0. The number of fused-ring (bicyclic) bond motifs is 1. The van der Waals surface area contributed by atoms with E-state index in [-0.39, 0.29) is 0 Å². The highest BCUT2D eigenvalue weighted by molar-refractivity contribution is 5.29. The van der Waals surface area contributed by atoms with Gasteiger partial charge in [0.05, 0.1) is 17.8 Å². The fourth-order valence-corrected chi connectivity index (χ4v) is 6.19. The van der Waals surface area contributed by atoms with Crippen molar-refractivity contribution in [1.82, 2.24) is 0 Å². The monoisotopic (exact) mass is 402 g/mol. The van der Waals surface area contributed by atoms with Gasteiger partial charge in [-0.2, -0.15) is 0 Å². The van der Waals surface area contributed by atoms with E-state index in [0.717, 1.165) is 24.3 Å². The molecular formula is C26H42O3. The Morgan fingerprint density at radius 1 is 1.10 bits per heavy atom. The quantitative estimate of drug-likeness (QED) is 0.408. The lowest BCUT2D eigenvalue weighted by atomic mass is 9.62. The van der Waals surface area contributed by atoms with Crippen LogP contribution in [0.3, 0.4) is 0 Å². The maximum atomic E-state index is 10.1. The van der Waals surface area contributed by atoms with Gasteiger partial charge in [-0.3, -0.25) is 0 Å². The van der Waals surface area contributed by atoms with E-state index in [4.69, 9.17) is 0 Å². The van der Waals surface area contributed by atoms with Crippen LogP contribution in [0, 0.1) is 17.3 Å². The highest BCUT2D eigenvalue weighted by Crippen LogP contribution is 2.58. The van der Waals surface area contributed by atoms with Crippen LogP contribution in [0.2, 0.25) is 0 Å². The molecule has 0 aromatic carbocycles. The highest BCUT2D eigenvalue weighted by Gasteiger charge is 2.48. The second-order valence-corrected chi connectivity index (χ2v) is 10.8. The third-order valence-electron chi connectivity index (χ3n) is 8.05. The highest BCUT2D eigenvalue weighted by atomic mass is 16.3. The van der Waals surface area contributed by atoms with Gasteiger partial charge in [-0.15, -0.1) is 0 Å². The summed E-state index contributed by atoms with van der Waals surface area (Å²) in [4.78, 5) is 0. The smallest absolute Gasteiger partial charge is 0.0809 e. The molecule has 0 aromatic heterocycles. The van der Waals surface area contributed by atoms with Crippen molar-refractivity contribution in [3.8, 4) is 0 Å². The second kappa shape index (κ2) is 9.08. The molecule has 0 radical (unpaired) electrons.